The lowest BCUT2D eigenvalue weighted by atomic mass is 10.0. The Bertz CT molecular complexity index is 1070. The predicted molar refractivity (Wildman–Crippen MR) is 119 cm³/mol. The number of nitrogens with zero attached hydrogens (tertiary/aromatic N) is 4. The van der Waals surface area contributed by atoms with Crippen LogP contribution in [0.4, 0.5) is 11.5 Å². The van der Waals surface area contributed by atoms with Gasteiger partial charge in [0.25, 0.3) is 5.91 Å². The minimum Gasteiger partial charge on any atom is -0.395 e. The maximum atomic E-state index is 12.8. The number of carbonyl (C=O) groups is 1. The summed E-state index contributed by atoms with van der Waals surface area (Å²) in [6.07, 6.45) is 5.68. The van der Waals surface area contributed by atoms with Crippen molar-refractivity contribution in [2.24, 2.45) is 0 Å². The monoisotopic (exact) mass is 421 g/mol. The maximum Gasteiger partial charge on any atom is 0.254 e. The van der Waals surface area contributed by atoms with Gasteiger partial charge in [-0.2, -0.15) is 0 Å². The molecule has 1 aromatic carbocycles. The second-order valence-corrected chi connectivity index (χ2v) is 8.00. The summed E-state index contributed by atoms with van der Waals surface area (Å²) >= 11 is 0. The molecule has 2 aliphatic rings. The maximum absolute atomic E-state index is 12.8. The summed E-state index contributed by atoms with van der Waals surface area (Å²) in [5, 5.41) is 11.7. The van der Waals surface area contributed by atoms with Gasteiger partial charge < -0.3 is 26.0 Å². The number of ether oxygens (including phenoxy) is 1. The van der Waals surface area contributed by atoms with Crippen molar-refractivity contribution in [1.82, 2.24) is 24.8 Å². The molecule has 0 saturated carbocycles. The van der Waals surface area contributed by atoms with E-state index >= 15 is 0 Å². The number of morpholine rings is 1. The summed E-state index contributed by atoms with van der Waals surface area (Å²) < 4.78 is 7.05. The topological polar surface area (TPSA) is 110 Å². The molecule has 0 radical (unpaired) electrons. The molecular formula is C22H27N7O2. The average molecular weight is 422 g/mol. The van der Waals surface area contributed by atoms with Crippen molar-refractivity contribution < 1.29 is 9.53 Å². The molecular weight excluding hydrogens is 394 g/mol. The standard InChI is InChI=1S/C22H27N7O2/c23-19-18(15-3-5-16(6-4-15)22(30)28-10-12-31-13-11-28)20(26-17-2-1-7-24-14-17)27-29-9-8-25-21(19)29/h3-6,8-9,17,24H,1-2,7,10-14,23H2,(H,26,27)/t17-/m0/s1. The first-order valence-electron chi connectivity index (χ1n) is 10.8. The van der Waals surface area contributed by atoms with Gasteiger partial charge in [0.15, 0.2) is 11.5 Å². The van der Waals surface area contributed by atoms with Gasteiger partial charge in [-0.3, -0.25) is 4.79 Å². The molecule has 162 valence electrons. The van der Waals surface area contributed by atoms with Crippen LogP contribution >= 0.6 is 0 Å². The highest BCUT2D eigenvalue weighted by atomic mass is 16.5. The number of piperidine rings is 1. The molecule has 4 heterocycles. The zero-order chi connectivity index (χ0) is 21.2. The number of anilines is 2. The number of hydrogen-bond donors (Lipinski definition) is 3. The Labute approximate surface area is 180 Å². The largest absolute Gasteiger partial charge is 0.395 e. The van der Waals surface area contributed by atoms with E-state index < -0.39 is 0 Å². The first-order valence-corrected chi connectivity index (χ1v) is 10.8. The molecule has 9 nitrogen and oxygen atoms in total. The Morgan fingerprint density at radius 1 is 1.23 bits per heavy atom. The van der Waals surface area contributed by atoms with Crippen LogP contribution in [0.2, 0.25) is 0 Å². The van der Waals surface area contributed by atoms with Crippen molar-refractivity contribution in [3.05, 3.63) is 42.2 Å². The zero-order valence-electron chi connectivity index (χ0n) is 17.4. The summed E-state index contributed by atoms with van der Waals surface area (Å²) in [7, 11) is 0. The normalized spacial score (nSPS) is 19.5. The quantitative estimate of drug-likeness (QED) is 0.587. The Hall–Kier alpha value is -3.17. The van der Waals surface area contributed by atoms with Crippen LogP contribution in [0.1, 0.15) is 23.2 Å². The van der Waals surface area contributed by atoms with E-state index in [1.165, 1.54) is 0 Å². The first-order chi connectivity index (χ1) is 15.2. The summed E-state index contributed by atoms with van der Waals surface area (Å²) in [6.45, 7) is 4.34. The van der Waals surface area contributed by atoms with Gasteiger partial charge in [-0.15, -0.1) is 5.10 Å². The Kier molecular flexibility index (Phi) is 5.44. The molecule has 3 aromatic rings. The molecule has 0 unspecified atom stereocenters. The van der Waals surface area contributed by atoms with Crippen molar-refractivity contribution in [1.29, 1.82) is 0 Å². The van der Waals surface area contributed by atoms with E-state index in [2.05, 4.69) is 15.6 Å². The van der Waals surface area contributed by atoms with E-state index in [-0.39, 0.29) is 11.9 Å². The van der Waals surface area contributed by atoms with Crippen molar-refractivity contribution >= 4 is 23.1 Å². The fraction of sp³-hybridized carbons (Fsp3) is 0.409. The van der Waals surface area contributed by atoms with Crippen LogP contribution in [0.15, 0.2) is 36.7 Å². The second-order valence-electron chi connectivity index (χ2n) is 8.00. The highest BCUT2D eigenvalue weighted by molar-refractivity contribution is 5.96. The van der Waals surface area contributed by atoms with Gasteiger partial charge in [-0.05, 0) is 37.1 Å². The van der Waals surface area contributed by atoms with E-state index in [4.69, 9.17) is 15.6 Å². The Balaban J connectivity index is 1.48. The number of nitrogen functional groups attached to an aromatic ring is 1. The van der Waals surface area contributed by atoms with Crippen LogP contribution in [-0.4, -0.2) is 70.8 Å². The SMILES string of the molecule is Nc1c(-c2ccc(C(=O)N3CCOCC3)cc2)c(N[C@H]2CCCNC2)nn2ccnc12. The number of benzene rings is 1. The number of amides is 1. The summed E-state index contributed by atoms with van der Waals surface area (Å²) in [6, 6.07) is 7.86. The van der Waals surface area contributed by atoms with E-state index in [0.717, 1.165) is 42.9 Å². The number of rotatable bonds is 4. The minimum atomic E-state index is 0.0243. The highest BCUT2D eigenvalue weighted by Crippen LogP contribution is 2.35. The predicted octanol–water partition coefficient (Wildman–Crippen LogP) is 1.61. The van der Waals surface area contributed by atoms with Crippen molar-refractivity contribution in [2.45, 2.75) is 18.9 Å². The fourth-order valence-corrected chi connectivity index (χ4v) is 4.26. The lowest BCUT2D eigenvalue weighted by Gasteiger charge is -2.27. The molecule has 1 amide bonds. The van der Waals surface area contributed by atoms with Gasteiger partial charge in [-0.1, -0.05) is 12.1 Å². The van der Waals surface area contributed by atoms with Crippen molar-refractivity contribution in [3.63, 3.8) is 0 Å². The molecule has 2 aromatic heterocycles. The number of fused-ring (bicyclic) bond motifs is 1. The number of nitrogens with two attached hydrogens (primary N) is 1. The molecule has 9 heteroatoms. The Morgan fingerprint density at radius 3 is 2.77 bits per heavy atom. The molecule has 1 atom stereocenters. The number of aromatic nitrogens is 3. The number of nitrogens with one attached hydrogen (secondary N) is 2. The zero-order valence-corrected chi connectivity index (χ0v) is 17.4. The molecule has 0 aliphatic carbocycles. The summed E-state index contributed by atoms with van der Waals surface area (Å²) in [5.41, 5.74) is 10.1. The number of hydrogen-bond acceptors (Lipinski definition) is 7. The second kappa shape index (κ2) is 8.52. The molecule has 2 aliphatic heterocycles. The van der Waals surface area contributed by atoms with Crippen LogP contribution in [0.5, 0.6) is 0 Å². The lowest BCUT2D eigenvalue weighted by Crippen LogP contribution is -2.40. The van der Waals surface area contributed by atoms with Crippen LogP contribution in [0.25, 0.3) is 16.8 Å². The third-order valence-corrected chi connectivity index (χ3v) is 5.93. The summed E-state index contributed by atoms with van der Waals surface area (Å²) in [5.74, 6) is 0.750. The molecule has 2 fully saturated rings. The van der Waals surface area contributed by atoms with E-state index in [0.29, 0.717) is 43.2 Å². The smallest absolute Gasteiger partial charge is 0.254 e. The van der Waals surface area contributed by atoms with Gasteiger partial charge in [0, 0.05) is 43.6 Å². The van der Waals surface area contributed by atoms with Gasteiger partial charge >= 0.3 is 0 Å². The average Bonchev–Trinajstić information content (AvgIpc) is 3.29. The molecule has 0 spiro atoms. The third-order valence-electron chi connectivity index (χ3n) is 5.93. The lowest BCUT2D eigenvalue weighted by molar-refractivity contribution is 0.0303. The van der Waals surface area contributed by atoms with Crippen LogP contribution in [0, 0.1) is 0 Å². The van der Waals surface area contributed by atoms with E-state index in [1.807, 2.05) is 29.2 Å². The van der Waals surface area contributed by atoms with E-state index in [1.54, 1.807) is 16.9 Å². The Morgan fingerprint density at radius 2 is 2.03 bits per heavy atom. The van der Waals surface area contributed by atoms with Gasteiger partial charge in [0.2, 0.25) is 0 Å². The molecule has 31 heavy (non-hydrogen) atoms. The number of imidazole rings is 1. The third kappa shape index (κ3) is 3.94. The van der Waals surface area contributed by atoms with Crippen LogP contribution < -0.4 is 16.4 Å². The van der Waals surface area contributed by atoms with Gasteiger partial charge in [0.05, 0.1) is 24.5 Å². The van der Waals surface area contributed by atoms with E-state index in [9.17, 15) is 4.79 Å². The van der Waals surface area contributed by atoms with Crippen molar-refractivity contribution in [3.8, 4) is 11.1 Å². The molecule has 0 bridgehead atoms. The number of carbonyl (C=O) groups excluding carboxylic acids is 1. The highest BCUT2D eigenvalue weighted by Gasteiger charge is 2.22. The first kappa shape index (κ1) is 19.8. The molecule has 5 rings (SSSR count). The summed E-state index contributed by atoms with van der Waals surface area (Å²) in [4.78, 5) is 19.0. The van der Waals surface area contributed by atoms with Gasteiger partial charge in [0.1, 0.15) is 0 Å². The van der Waals surface area contributed by atoms with Crippen LogP contribution in [0.3, 0.4) is 0 Å². The minimum absolute atomic E-state index is 0.0243. The molecule has 2 saturated heterocycles. The molecule has 4 N–H and O–H groups in total. The fourth-order valence-electron chi connectivity index (χ4n) is 4.26. The van der Waals surface area contributed by atoms with Crippen molar-refractivity contribution in [2.75, 3.05) is 50.4 Å². The van der Waals surface area contributed by atoms with Crippen LogP contribution in [-0.2, 0) is 4.74 Å². The van der Waals surface area contributed by atoms with Gasteiger partial charge in [-0.25, -0.2) is 9.50 Å².